The lowest BCUT2D eigenvalue weighted by molar-refractivity contribution is -0.133. The molecule has 2 atom stereocenters. The van der Waals surface area contributed by atoms with Gasteiger partial charge in [0, 0.05) is 30.3 Å². The molecular weight excluding hydrogens is 370 g/mol. The highest BCUT2D eigenvalue weighted by molar-refractivity contribution is 7.04. The second kappa shape index (κ2) is 8.13. The van der Waals surface area contributed by atoms with Gasteiger partial charge < -0.3 is 5.32 Å². The number of nitrogens with one attached hydrogen (secondary N) is 1. The molecule has 1 heterocycles. The summed E-state index contributed by atoms with van der Waals surface area (Å²) < 4.78 is 3.04. The number of hydrogen-bond donors (Lipinski definition) is 1. The fourth-order valence-electron chi connectivity index (χ4n) is 3.93. The SMILES string of the molecule is CCCCc1cn(C(C)(C)C)sc1=NC(=O)[C@]1(C)CC[C@H](NC(C)=O)C1(C)C. The van der Waals surface area contributed by atoms with Gasteiger partial charge in [0.05, 0.1) is 5.41 Å². The minimum atomic E-state index is -0.585. The van der Waals surface area contributed by atoms with Gasteiger partial charge >= 0.3 is 0 Å². The lowest BCUT2D eigenvalue weighted by Gasteiger charge is -2.39. The van der Waals surface area contributed by atoms with E-state index in [-0.39, 0.29) is 28.8 Å². The van der Waals surface area contributed by atoms with Crippen LogP contribution in [0.15, 0.2) is 11.2 Å². The molecule has 0 bridgehead atoms. The highest BCUT2D eigenvalue weighted by Gasteiger charge is 2.56. The Morgan fingerprint density at radius 2 is 1.96 bits per heavy atom. The summed E-state index contributed by atoms with van der Waals surface area (Å²) >= 11 is 1.57. The first-order valence-corrected chi connectivity index (χ1v) is 11.2. The first-order chi connectivity index (χ1) is 12.8. The van der Waals surface area contributed by atoms with Crippen LogP contribution in [-0.2, 0) is 21.5 Å². The molecule has 0 radical (unpaired) electrons. The van der Waals surface area contributed by atoms with Crippen molar-refractivity contribution in [2.45, 2.75) is 99.1 Å². The smallest absolute Gasteiger partial charge is 0.253 e. The van der Waals surface area contributed by atoms with E-state index in [1.807, 2.05) is 6.92 Å². The highest BCUT2D eigenvalue weighted by atomic mass is 32.1. The fourth-order valence-corrected chi connectivity index (χ4v) is 4.97. The normalized spacial score (nSPS) is 25.1. The predicted molar refractivity (Wildman–Crippen MR) is 115 cm³/mol. The van der Waals surface area contributed by atoms with Gasteiger partial charge in [-0.25, -0.2) is 4.99 Å². The third kappa shape index (κ3) is 4.42. The third-order valence-electron chi connectivity index (χ3n) is 6.47. The largest absolute Gasteiger partial charge is 0.353 e. The number of hydrogen-bond acceptors (Lipinski definition) is 3. The van der Waals surface area contributed by atoms with Gasteiger partial charge in [-0.2, -0.15) is 0 Å². The van der Waals surface area contributed by atoms with E-state index in [0.29, 0.717) is 0 Å². The zero-order valence-electron chi connectivity index (χ0n) is 18.8. The Balaban J connectivity index is 2.42. The molecule has 1 aromatic heterocycles. The quantitative estimate of drug-likeness (QED) is 0.786. The molecule has 0 saturated heterocycles. The summed E-state index contributed by atoms with van der Waals surface area (Å²) in [4.78, 5) is 29.6. The molecule has 1 aliphatic carbocycles. The van der Waals surface area contributed by atoms with Crippen molar-refractivity contribution in [2.75, 3.05) is 0 Å². The molecule has 2 amide bonds. The van der Waals surface area contributed by atoms with Crippen molar-refractivity contribution >= 4 is 23.3 Å². The van der Waals surface area contributed by atoms with Crippen molar-refractivity contribution in [2.24, 2.45) is 15.8 Å². The number of unbranched alkanes of at least 4 members (excludes halogenated alkanes) is 1. The van der Waals surface area contributed by atoms with Crippen molar-refractivity contribution in [1.29, 1.82) is 0 Å². The summed E-state index contributed by atoms with van der Waals surface area (Å²) in [6.07, 6.45) is 6.85. The molecule has 0 unspecified atom stereocenters. The number of aromatic nitrogens is 1. The molecule has 0 aromatic carbocycles. The Bertz CT molecular complexity index is 797. The number of aryl methyl sites for hydroxylation is 1. The van der Waals surface area contributed by atoms with E-state index in [1.54, 1.807) is 11.5 Å². The molecule has 1 aromatic rings. The van der Waals surface area contributed by atoms with E-state index in [4.69, 9.17) is 0 Å². The molecule has 28 heavy (non-hydrogen) atoms. The Hall–Kier alpha value is -1.43. The van der Waals surface area contributed by atoms with Gasteiger partial charge in [-0.05, 0) is 63.4 Å². The molecule has 1 saturated carbocycles. The monoisotopic (exact) mass is 407 g/mol. The first kappa shape index (κ1) is 22.9. The molecule has 0 aliphatic heterocycles. The maximum Gasteiger partial charge on any atom is 0.253 e. The second-order valence-corrected chi connectivity index (χ2v) is 10.9. The summed E-state index contributed by atoms with van der Waals surface area (Å²) in [6, 6.07) is -0.00319. The number of carbonyl (C=O) groups excluding carboxylic acids is 2. The van der Waals surface area contributed by atoms with E-state index in [9.17, 15) is 9.59 Å². The van der Waals surface area contributed by atoms with Crippen LogP contribution in [-0.4, -0.2) is 21.8 Å². The minimum absolute atomic E-state index is 0.00319. The fraction of sp³-hybridized carbons (Fsp3) is 0.773. The van der Waals surface area contributed by atoms with Crippen molar-refractivity contribution in [1.82, 2.24) is 9.27 Å². The molecule has 1 N–H and O–H groups in total. The summed E-state index contributed by atoms with van der Waals surface area (Å²) in [5, 5.41) is 3.03. The van der Waals surface area contributed by atoms with E-state index in [2.05, 4.69) is 62.0 Å². The summed E-state index contributed by atoms with van der Waals surface area (Å²) in [5.74, 6) is -0.107. The maximum atomic E-state index is 13.4. The highest BCUT2D eigenvalue weighted by Crippen LogP contribution is 2.53. The van der Waals surface area contributed by atoms with Gasteiger partial charge in [0.2, 0.25) is 5.91 Å². The zero-order valence-corrected chi connectivity index (χ0v) is 19.6. The molecule has 2 rings (SSSR count). The molecule has 5 nitrogen and oxygen atoms in total. The van der Waals surface area contributed by atoms with Gasteiger partial charge in [0.15, 0.2) is 0 Å². The molecule has 0 spiro atoms. The van der Waals surface area contributed by atoms with Crippen molar-refractivity contribution in [3.8, 4) is 0 Å². The third-order valence-corrected chi connectivity index (χ3v) is 7.85. The van der Waals surface area contributed by atoms with Crippen LogP contribution in [0.4, 0.5) is 0 Å². The van der Waals surface area contributed by atoms with Gasteiger partial charge in [-0.3, -0.25) is 13.5 Å². The lowest BCUT2D eigenvalue weighted by Crippen LogP contribution is -2.48. The van der Waals surface area contributed by atoms with Gasteiger partial charge in [-0.1, -0.05) is 34.1 Å². The van der Waals surface area contributed by atoms with Crippen LogP contribution in [0.3, 0.4) is 0 Å². The van der Waals surface area contributed by atoms with Crippen LogP contribution in [0.2, 0.25) is 0 Å². The number of rotatable bonds is 5. The first-order valence-electron chi connectivity index (χ1n) is 10.4. The van der Waals surface area contributed by atoms with Crippen LogP contribution in [0.5, 0.6) is 0 Å². The van der Waals surface area contributed by atoms with E-state index in [1.165, 1.54) is 6.92 Å². The maximum absolute atomic E-state index is 13.4. The Labute approximate surface area is 173 Å². The van der Waals surface area contributed by atoms with Crippen LogP contribution in [0.25, 0.3) is 0 Å². The molecule has 6 heteroatoms. The molecule has 1 fully saturated rings. The zero-order chi connectivity index (χ0) is 21.3. The lowest BCUT2D eigenvalue weighted by atomic mass is 9.67. The Kier molecular flexibility index (Phi) is 6.64. The summed E-state index contributed by atoms with van der Waals surface area (Å²) in [5.41, 5.74) is 0.196. The van der Waals surface area contributed by atoms with E-state index in [0.717, 1.165) is 42.3 Å². The molecule has 158 valence electrons. The average molecular weight is 408 g/mol. The van der Waals surface area contributed by atoms with Crippen molar-refractivity contribution in [3.05, 3.63) is 16.4 Å². The van der Waals surface area contributed by atoms with Gasteiger partial charge in [0.25, 0.3) is 5.91 Å². The number of carbonyl (C=O) groups is 2. The topological polar surface area (TPSA) is 63.5 Å². The Morgan fingerprint density at radius 1 is 1.32 bits per heavy atom. The Morgan fingerprint density at radius 3 is 2.50 bits per heavy atom. The average Bonchev–Trinajstić information content (AvgIpc) is 3.07. The van der Waals surface area contributed by atoms with Crippen LogP contribution in [0.1, 0.15) is 86.6 Å². The molecular formula is C22H37N3O2S. The second-order valence-electron chi connectivity index (χ2n) is 9.91. The summed E-state index contributed by atoms with van der Waals surface area (Å²) in [6.45, 7) is 16.4. The predicted octanol–water partition coefficient (Wildman–Crippen LogP) is 4.41. The summed E-state index contributed by atoms with van der Waals surface area (Å²) in [7, 11) is 0. The van der Waals surface area contributed by atoms with Crippen molar-refractivity contribution in [3.63, 3.8) is 0 Å². The van der Waals surface area contributed by atoms with Crippen molar-refractivity contribution < 1.29 is 9.59 Å². The number of amides is 2. The standard InChI is InChI=1S/C22H37N3O2S/c1-9-10-11-16-14-25(20(3,4)5)28-18(16)24-19(27)22(8)13-12-17(21(22,6)7)23-15(2)26/h14,17H,9-13H2,1-8H3,(H,23,26)/t17-,22-/m0/s1. The van der Waals surface area contributed by atoms with E-state index < -0.39 is 5.41 Å². The minimum Gasteiger partial charge on any atom is -0.353 e. The van der Waals surface area contributed by atoms with Gasteiger partial charge in [-0.15, -0.1) is 0 Å². The van der Waals surface area contributed by atoms with E-state index >= 15 is 0 Å². The van der Waals surface area contributed by atoms with Gasteiger partial charge in [0.1, 0.15) is 4.67 Å². The van der Waals surface area contributed by atoms with Crippen LogP contribution >= 0.6 is 11.5 Å². The number of nitrogens with zero attached hydrogens (tertiary/aromatic N) is 2. The van der Waals surface area contributed by atoms with Crippen LogP contribution < -0.4 is 9.99 Å². The molecule has 1 aliphatic rings. The van der Waals surface area contributed by atoms with Crippen LogP contribution in [0, 0.1) is 10.8 Å².